The van der Waals surface area contributed by atoms with E-state index in [4.69, 9.17) is 10.2 Å². The second kappa shape index (κ2) is 5.71. The van der Waals surface area contributed by atoms with Gasteiger partial charge in [0.05, 0.1) is 16.7 Å². The predicted molar refractivity (Wildman–Crippen MR) is 70.8 cm³/mol. The number of halogens is 4. The summed E-state index contributed by atoms with van der Waals surface area (Å²) in [5, 5.41) is 18.2. The van der Waals surface area contributed by atoms with Crippen LogP contribution in [0.2, 0.25) is 0 Å². The second-order valence-electron chi connectivity index (χ2n) is 4.56. The average Bonchev–Trinajstić information content (AvgIpc) is 2.45. The van der Waals surface area contributed by atoms with Crippen LogP contribution in [-0.4, -0.2) is 22.2 Å². The number of aromatic carboxylic acids is 2. The van der Waals surface area contributed by atoms with Crippen molar-refractivity contribution >= 4 is 11.9 Å². The van der Waals surface area contributed by atoms with Crippen molar-refractivity contribution in [1.29, 1.82) is 0 Å². The molecule has 0 heterocycles. The fourth-order valence-corrected chi connectivity index (χ4v) is 2.06. The van der Waals surface area contributed by atoms with Crippen LogP contribution >= 0.6 is 0 Å². The molecule has 0 unspecified atom stereocenters. The van der Waals surface area contributed by atoms with Crippen molar-refractivity contribution in [2.24, 2.45) is 0 Å². The predicted octanol–water partition coefficient (Wildman–Crippen LogP) is 3.91. The lowest BCUT2D eigenvalue weighted by Crippen LogP contribution is -2.09. The highest BCUT2D eigenvalue weighted by atomic mass is 19.4. The van der Waals surface area contributed by atoms with Crippen LogP contribution in [0.4, 0.5) is 17.6 Å². The average molecular weight is 328 g/mol. The van der Waals surface area contributed by atoms with Gasteiger partial charge in [0.15, 0.2) is 0 Å². The molecule has 0 spiro atoms. The molecule has 0 saturated carbocycles. The highest BCUT2D eigenvalue weighted by Crippen LogP contribution is 2.35. The van der Waals surface area contributed by atoms with Gasteiger partial charge in [-0.05, 0) is 47.5 Å². The Morgan fingerprint density at radius 1 is 0.826 bits per heavy atom. The van der Waals surface area contributed by atoms with E-state index in [1.165, 1.54) is 0 Å². The minimum atomic E-state index is -4.76. The molecule has 0 aliphatic heterocycles. The highest BCUT2D eigenvalue weighted by molar-refractivity contribution is 6.02. The number of carbonyl (C=O) groups is 2. The third-order valence-electron chi connectivity index (χ3n) is 3.08. The number of alkyl halides is 3. The first-order chi connectivity index (χ1) is 10.6. The van der Waals surface area contributed by atoms with Gasteiger partial charge >= 0.3 is 18.1 Å². The molecule has 0 radical (unpaired) electrons. The van der Waals surface area contributed by atoms with Crippen LogP contribution in [-0.2, 0) is 6.18 Å². The molecule has 0 bridgehead atoms. The first kappa shape index (κ1) is 16.5. The SMILES string of the molecule is O=C(O)c1ccc(F)cc1-c1cc(C(F)(F)F)ccc1C(=O)O. The molecule has 4 nitrogen and oxygen atoms in total. The summed E-state index contributed by atoms with van der Waals surface area (Å²) in [7, 11) is 0. The summed E-state index contributed by atoms with van der Waals surface area (Å²) in [6.45, 7) is 0. The molecule has 0 aliphatic carbocycles. The van der Waals surface area contributed by atoms with Crippen LogP contribution in [0.1, 0.15) is 26.3 Å². The molecular formula is C15H8F4O4. The van der Waals surface area contributed by atoms with E-state index < -0.39 is 51.7 Å². The lowest BCUT2D eigenvalue weighted by atomic mass is 9.93. The van der Waals surface area contributed by atoms with Crippen molar-refractivity contribution in [1.82, 2.24) is 0 Å². The van der Waals surface area contributed by atoms with E-state index in [0.29, 0.717) is 24.3 Å². The van der Waals surface area contributed by atoms with Crippen molar-refractivity contribution in [2.45, 2.75) is 6.18 Å². The molecule has 0 saturated heterocycles. The first-order valence-electron chi connectivity index (χ1n) is 6.09. The molecule has 2 rings (SSSR count). The number of carboxylic acids is 2. The van der Waals surface area contributed by atoms with Gasteiger partial charge in [-0.3, -0.25) is 0 Å². The molecule has 8 heteroatoms. The van der Waals surface area contributed by atoms with Crippen molar-refractivity contribution in [3.8, 4) is 11.1 Å². The van der Waals surface area contributed by atoms with E-state index in [2.05, 4.69) is 0 Å². The normalized spacial score (nSPS) is 11.3. The summed E-state index contributed by atoms with van der Waals surface area (Å²) in [5.41, 5.74) is -3.21. The number of benzene rings is 2. The standard InChI is InChI=1S/C15H8F4O4/c16-8-2-4-10(14(22)23)12(6-8)11-5-7(15(17,18)19)1-3-9(11)13(20)21/h1-6H,(H,20,21)(H,22,23). The Kier molecular flexibility index (Phi) is 4.09. The Labute approximate surface area is 126 Å². The molecule has 0 atom stereocenters. The fourth-order valence-electron chi connectivity index (χ4n) is 2.06. The molecular weight excluding hydrogens is 320 g/mol. The molecule has 23 heavy (non-hydrogen) atoms. The summed E-state index contributed by atoms with van der Waals surface area (Å²) in [6.07, 6.45) is -4.76. The molecule has 2 aromatic carbocycles. The van der Waals surface area contributed by atoms with Crippen molar-refractivity contribution in [3.05, 3.63) is 58.9 Å². The van der Waals surface area contributed by atoms with Crippen molar-refractivity contribution in [2.75, 3.05) is 0 Å². The maximum atomic E-state index is 13.4. The van der Waals surface area contributed by atoms with E-state index in [1.807, 2.05) is 0 Å². The van der Waals surface area contributed by atoms with Gasteiger partial charge in [0.2, 0.25) is 0 Å². The lowest BCUT2D eigenvalue weighted by Gasteiger charge is -2.13. The Balaban J connectivity index is 2.83. The van der Waals surface area contributed by atoms with Gasteiger partial charge in [-0.2, -0.15) is 13.2 Å². The van der Waals surface area contributed by atoms with E-state index in [1.54, 1.807) is 0 Å². The maximum Gasteiger partial charge on any atom is 0.416 e. The zero-order chi connectivity index (χ0) is 17.4. The van der Waals surface area contributed by atoms with E-state index in [0.717, 1.165) is 12.1 Å². The van der Waals surface area contributed by atoms with E-state index >= 15 is 0 Å². The zero-order valence-corrected chi connectivity index (χ0v) is 11.2. The number of carboxylic acid groups (broad SMARTS) is 2. The molecule has 0 aliphatic rings. The zero-order valence-electron chi connectivity index (χ0n) is 11.2. The van der Waals surface area contributed by atoms with Crippen LogP contribution in [0.3, 0.4) is 0 Å². The van der Waals surface area contributed by atoms with E-state index in [-0.39, 0.29) is 0 Å². The topological polar surface area (TPSA) is 74.6 Å². The van der Waals surface area contributed by atoms with Crippen LogP contribution in [0.5, 0.6) is 0 Å². The Hall–Kier alpha value is -2.90. The maximum absolute atomic E-state index is 13.4. The Bertz CT molecular complexity index is 797. The number of hydrogen-bond acceptors (Lipinski definition) is 2. The van der Waals surface area contributed by atoms with Crippen molar-refractivity contribution < 1.29 is 37.4 Å². The molecule has 120 valence electrons. The van der Waals surface area contributed by atoms with Crippen molar-refractivity contribution in [3.63, 3.8) is 0 Å². The van der Waals surface area contributed by atoms with Crippen LogP contribution in [0, 0.1) is 5.82 Å². The monoisotopic (exact) mass is 328 g/mol. The third kappa shape index (κ3) is 3.31. The molecule has 0 aromatic heterocycles. The van der Waals surface area contributed by atoms with Gasteiger partial charge in [0.1, 0.15) is 5.82 Å². The summed E-state index contributed by atoms with van der Waals surface area (Å²) in [6, 6.07) is 4.12. The highest BCUT2D eigenvalue weighted by Gasteiger charge is 2.32. The number of hydrogen-bond donors (Lipinski definition) is 2. The quantitative estimate of drug-likeness (QED) is 0.838. The summed E-state index contributed by atoms with van der Waals surface area (Å²) >= 11 is 0. The molecule has 0 fully saturated rings. The minimum absolute atomic E-state index is 0.444. The van der Waals surface area contributed by atoms with Gasteiger partial charge < -0.3 is 10.2 Å². The number of rotatable bonds is 3. The molecule has 2 aromatic rings. The fraction of sp³-hybridized carbons (Fsp3) is 0.0667. The lowest BCUT2D eigenvalue weighted by molar-refractivity contribution is -0.137. The summed E-state index contributed by atoms with van der Waals surface area (Å²) < 4.78 is 51.9. The van der Waals surface area contributed by atoms with Gasteiger partial charge in [0.25, 0.3) is 0 Å². The molecule has 0 amide bonds. The first-order valence-corrected chi connectivity index (χ1v) is 6.09. The Morgan fingerprint density at radius 3 is 1.78 bits per heavy atom. The van der Waals surface area contributed by atoms with Crippen LogP contribution < -0.4 is 0 Å². The van der Waals surface area contributed by atoms with Gasteiger partial charge in [-0.1, -0.05) is 0 Å². The summed E-state index contributed by atoms with van der Waals surface area (Å²) in [5.74, 6) is -3.98. The molecule has 2 N–H and O–H groups in total. The third-order valence-corrected chi connectivity index (χ3v) is 3.08. The summed E-state index contributed by atoms with van der Waals surface area (Å²) in [4.78, 5) is 22.4. The van der Waals surface area contributed by atoms with Crippen LogP contribution in [0.15, 0.2) is 36.4 Å². The second-order valence-corrected chi connectivity index (χ2v) is 4.56. The smallest absolute Gasteiger partial charge is 0.416 e. The minimum Gasteiger partial charge on any atom is -0.478 e. The van der Waals surface area contributed by atoms with Gasteiger partial charge in [0, 0.05) is 0 Å². The van der Waals surface area contributed by atoms with Gasteiger partial charge in [-0.25, -0.2) is 14.0 Å². The largest absolute Gasteiger partial charge is 0.478 e. The van der Waals surface area contributed by atoms with E-state index in [9.17, 15) is 27.2 Å². The Morgan fingerprint density at radius 2 is 1.30 bits per heavy atom. The van der Waals surface area contributed by atoms with Gasteiger partial charge in [-0.15, -0.1) is 0 Å². The van der Waals surface area contributed by atoms with Crippen LogP contribution in [0.25, 0.3) is 11.1 Å².